The van der Waals surface area contributed by atoms with E-state index in [0.717, 1.165) is 49.1 Å². The highest BCUT2D eigenvalue weighted by molar-refractivity contribution is 6.01. The molecule has 5 heteroatoms. The van der Waals surface area contributed by atoms with E-state index < -0.39 is 6.04 Å². The molecule has 1 aromatic rings. The average molecular weight is 422 g/mol. The van der Waals surface area contributed by atoms with Gasteiger partial charge in [0.15, 0.2) is 0 Å². The highest BCUT2D eigenvalue weighted by atomic mass is 16.2. The van der Waals surface area contributed by atoms with Crippen molar-refractivity contribution in [3.63, 3.8) is 0 Å². The monoisotopic (exact) mass is 421 g/mol. The van der Waals surface area contributed by atoms with Crippen LogP contribution in [-0.4, -0.2) is 35.3 Å². The number of rotatable bonds is 7. The van der Waals surface area contributed by atoms with Crippen LogP contribution >= 0.6 is 0 Å². The van der Waals surface area contributed by atoms with E-state index in [1.54, 1.807) is 4.90 Å². The minimum atomic E-state index is -0.396. The number of fused-ring (bicyclic) bond motifs is 1. The lowest BCUT2D eigenvalue weighted by molar-refractivity contribution is -0.126. The first-order chi connectivity index (χ1) is 14.9. The Morgan fingerprint density at radius 1 is 1.23 bits per heavy atom. The standard InChI is InChI=1S/C26H35N3O2/c1-17(2)12-13-27-23-7-5-4-6-20(23)14-19-9-10-22-21(15-19)16-29(26(22)31)24-11-8-18(3)28-25(24)30/h4-5,9-10,15,17,20,23-24,27H,3,6-8,11-14,16H2,1-2H3,(H,28,30)/t20-,23+,24?/m1/s1. The molecular weight excluding hydrogens is 386 g/mol. The van der Waals surface area contributed by atoms with Crippen LogP contribution in [0, 0.1) is 11.8 Å². The molecule has 0 spiro atoms. The van der Waals surface area contributed by atoms with Crippen molar-refractivity contribution in [2.24, 2.45) is 11.8 Å². The van der Waals surface area contributed by atoms with E-state index in [9.17, 15) is 9.59 Å². The van der Waals surface area contributed by atoms with Crippen molar-refractivity contribution in [2.45, 2.75) is 71.0 Å². The van der Waals surface area contributed by atoms with Crippen LogP contribution in [0.3, 0.4) is 0 Å². The molecule has 0 radical (unpaired) electrons. The normalized spacial score (nSPS) is 25.8. The second kappa shape index (κ2) is 9.39. The molecule has 4 rings (SSSR count). The lowest BCUT2D eigenvalue weighted by atomic mass is 9.83. The topological polar surface area (TPSA) is 61.4 Å². The fourth-order valence-electron chi connectivity index (χ4n) is 5.04. The maximum atomic E-state index is 13.0. The van der Waals surface area contributed by atoms with Crippen LogP contribution < -0.4 is 10.6 Å². The summed E-state index contributed by atoms with van der Waals surface area (Å²) in [6, 6.07) is 6.37. The van der Waals surface area contributed by atoms with Gasteiger partial charge in [0, 0.05) is 23.8 Å². The van der Waals surface area contributed by atoms with E-state index in [0.29, 0.717) is 30.8 Å². The zero-order valence-electron chi connectivity index (χ0n) is 18.8. The van der Waals surface area contributed by atoms with E-state index >= 15 is 0 Å². The van der Waals surface area contributed by atoms with Gasteiger partial charge in [0.1, 0.15) is 6.04 Å². The van der Waals surface area contributed by atoms with Gasteiger partial charge in [-0.1, -0.05) is 44.7 Å². The van der Waals surface area contributed by atoms with E-state index in [1.165, 1.54) is 12.0 Å². The summed E-state index contributed by atoms with van der Waals surface area (Å²) in [6.45, 7) is 9.96. The van der Waals surface area contributed by atoms with Crippen molar-refractivity contribution < 1.29 is 9.59 Å². The number of benzene rings is 1. The number of carbonyl (C=O) groups excluding carboxylic acids is 2. The molecule has 2 heterocycles. The molecule has 3 aliphatic rings. The van der Waals surface area contributed by atoms with E-state index in [2.05, 4.69) is 55.3 Å². The molecule has 31 heavy (non-hydrogen) atoms. The lowest BCUT2D eigenvalue weighted by Gasteiger charge is -2.31. The molecule has 0 aromatic heterocycles. The van der Waals surface area contributed by atoms with Gasteiger partial charge in [-0.3, -0.25) is 9.59 Å². The van der Waals surface area contributed by atoms with Crippen molar-refractivity contribution in [3.8, 4) is 0 Å². The Bertz CT molecular complexity index is 889. The van der Waals surface area contributed by atoms with Crippen LogP contribution in [-0.2, 0) is 17.8 Å². The molecular formula is C26H35N3O2. The third kappa shape index (κ3) is 4.93. The van der Waals surface area contributed by atoms with Crippen LogP contribution in [0.2, 0.25) is 0 Å². The summed E-state index contributed by atoms with van der Waals surface area (Å²) < 4.78 is 0. The Labute approximate surface area is 186 Å². The second-order valence-electron chi connectivity index (χ2n) is 9.72. The number of carbonyl (C=O) groups is 2. The summed E-state index contributed by atoms with van der Waals surface area (Å²) in [5.41, 5.74) is 3.82. The largest absolute Gasteiger partial charge is 0.329 e. The molecule has 2 aliphatic heterocycles. The van der Waals surface area contributed by atoms with Crippen molar-refractivity contribution in [3.05, 3.63) is 59.3 Å². The Morgan fingerprint density at radius 2 is 2.03 bits per heavy atom. The number of allylic oxidation sites excluding steroid dienone is 2. The summed E-state index contributed by atoms with van der Waals surface area (Å²) in [5.74, 6) is 1.15. The molecule has 1 saturated heterocycles. The van der Waals surface area contributed by atoms with Gasteiger partial charge in [0.2, 0.25) is 5.91 Å². The fourth-order valence-corrected chi connectivity index (χ4v) is 5.04. The highest BCUT2D eigenvalue weighted by Gasteiger charge is 2.38. The first-order valence-electron chi connectivity index (χ1n) is 11.7. The van der Waals surface area contributed by atoms with Crippen molar-refractivity contribution in [2.75, 3.05) is 6.54 Å². The van der Waals surface area contributed by atoms with Crippen LogP contribution in [0.5, 0.6) is 0 Å². The van der Waals surface area contributed by atoms with Crippen LogP contribution in [0.15, 0.2) is 42.6 Å². The first-order valence-corrected chi connectivity index (χ1v) is 11.7. The number of nitrogens with zero attached hydrogens (tertiary/aromatic N) is 1. The minimum absolute atomic E-state index is 0.0250. The summed E-state index contributed by atoms with van der Waals surface area (Å²) in [5, 5.41) is 6.58. The Balaban J connectivity index is 1.42. The molecule has 0 bridgehead atoms. The van der Waals surface area contributed by atoms with E-state index in [4.69, 9.17) is 0 Å². The molecule has 1 unspecified atom stereocenters. The maximum absolute atomic E-state index is 13.0. The quantitative estimate of drug-likeness (QED) is 0.656. The molecule has 2 N–H and O–H groups in total. The van der Waals surface area contributed by atoms with E-state index in [-0.39, 0.29) is 11.8 Å². The second-order valence-corrected chi connectivity index (χ2v) is 9.72. The van der Waals surface area contributed by atoms with Gasteiger partial charge >= 0.3 is 0 Å². The molecule has 2 amide bonds. The summed E-state index contributed by atoms with van der Waals surface area (Å²) >= 11 is 0. The van der Waals surface area contributed by atoms with Crippen molar-refractivity contribution in [1.82, 2.24) is 15.5 Å². The maximum Gasteiger partial charge on any atom is 0.255 e. The van der Waals surface area contributed by atoms with Crippen molar-refractivity contribution >= 4 is 11.8 Å². The highest BCUT2D eigenvalue weighted by Crippen LogP contribution is 2.31. The van der Waals surface area contributed by atoms with Crippen molar-refractivity contribution in [1.29, 1.82) is 0 Å². The van der Waals surface area contributed by atoms with Crippen LogP contribution in [0.25, 0.3) is 0 Å². The van der Waals surface area contributed by atoms with Gasteiger partial charge in [-0.15, -0.1) is 0 Å². The summed E-state index contributed by atoms with van der Waals surface area (Å²) in [7, 11) is 0. The van der Waals surface area contributed by atoms with Gasteiger partial charge in [-0.25, -0.2) is 0 Å². The SMILES string of the molecule is C=C1CCC(N2Cc3cc(C[C@H]4CC=CC[C@@H]4NCCC(C)C)ccc3C2=O)C(=O)N1. The molecule has 0 saturated carbocycles. The Hall–Kier alpha value is -2.40. The van der Waals surface area contributed by atoms with E-state index in [1.807, 2.05) is 6.07 Å². The number of amides is 2. The zero-order chi connectivity index (χ0) is 22.0. The Kier molecular flexibility index (Phi) is 6.61. The predicted octanol–water partition coefficient (Wildman–Crippen LogP) is 3.95. The van der Waals surface area contributed by atoms with Gasteiger partial charge < -0.3 is 15.5 Å². The summed E-state index contributed by atoms with van der Waals surface area (Å²) in [6.07, 6.45) is 10.4. The summed E-state index contributed by atoms with van der Waals surface area (Å²) in [4.78, 5) is 27.1. The third-order valence-corrected chi connectivity index (χ3v) is 6.89. The number of nitrogens with one attached hydrogen (secondary N) is 2. The van der Waals surface area contributed by atoms with Gasteiger partial charge in [-0.05, 0) is 74.1 Å². The first kappa shape index (κ1) is 21.8. The van der Waals surface area contributed by atoms with Gasteiger partial charge in [-0.2, -0.15) is 0 Å². The lowest BCUT2D eigenvalue weighted by Crippen LogP contribution is -2.49. The minimum Gasteiger partial charge on any atom is -0.329 e. The molecule has 3 atom stereocenters. The average Bonchev–Trinajstić information content (AvgIpc) is 3.05. The van der Waals surface area contributed by atoms with Crippen LogP contribution in [0.4, 0.5) is 0 Å². The number of hydrogen-bond donors (Lipinski definition) is 2. The molecule has 1 aliphatic carbocycles. The molecule has 5 nitrogen and oxygen atoms in total. The van der Waals surface area contributed by atoms with Gasteiger partial charge in [0.05, 0.1) is 0 Å². The Morgan fingerprint density at radius 3 is 2.81 bits per heavy atom. The predicted molar refractivity (Wildman–Crippen MR) is 123 cm³/mol. The van der Waals surface area contributed by atoms with Crippen LogP contribution in [0.1, 0.15) is 67.4 Å². The third-order valence-electron chi connectivity index (χ3n) is 6.89. The number of piperidine rings is 1. The number of hydrogen-bond acceptors (Lipinski definition) is 3. The molecule has 1 fully saturated rings. The fraction of sp³-hybridized carbons (Fsp3) is 0.538. The zero-order valence-corrected chi connectivity index (χ0v) is 18.8. The molecule has 1 aromatic carbocycles. The smallest absolute Gasteiger partial charge is 0.255 e. The molecule has 166 valence electrons. The van der Waals surface area contributed by atoms with Gasteiger partial charge in [0.25, 0.3) is 5.91 Å².